The Morgan fingerprint density at radius 2 is 1.69 bits per heavy atom. The molecule has 8 nitrogen and oxygen atoms in total. The molecule has 4 atom stereocenters. The molecule has 0 bridgehead atoms. The molecule has 2 N–H and O–H groups in total. The number of fused-ring (bicyclic) bond motifs is 2. The minimum atomic E-state index is -1.05. The quantitative estimate of drug-likeness (QED) is 0.122. The van der Waals surface area contributed by atoms with Crippen LogP contribution in [0.5, 0.6) is 11.5 Å². The van der Waals surface area contributed by atoms with Crippen molar-refractivity contribution in [3.63, 3.8) is 0 Å². The van der Waals surface area contributed by atoms with E-state index < -0.39 is 18.1 Å². The highest BCUT2D eigenvalue weighted by atomic mass is 35.5. The Labute approximate surface area is 356 Å². The summed E-state index contributed by atoms with van der Waals surface area (Å²) in [6.07, 6.45) is 7.18. The fourth-order valence-electron chi connectivity index (χ4n) is 8.62. The number of halogens is 2. The highest BCUT2D eigenvalue weighted by Crippen LogP contribution is 2.39. The van der Waals surface area contributed by atoms with E-state index in [-0.39, 0.29) is 24.3 Å². The number of amides is 1. The van der Waals surface area contributed by atoms with Crippen molar-refractivity contribution in [2.24, 2.45) is 5.92 Å². The first-order valence-corrected chi connectivity index (χ1v) is 21.6. The van der Waals surface area contributed by atoms with Crippen molar-refractivity contribution in [1.29, 1.82) is 0 Å². The molecular weight excluding hydrogens is 781 g/mol. The van der Waals surface area contributed by atoms with Gasteiger partial charge in [0.1, 0.15) is 23.6 Å². The van der Waals surface area contributed by atoms with Gasteiger partial charge >= 0.3 is 5.97 Å². The average Bonchev–Trinajstić information content (AvgIpc) is 4.08. The maximum absolute atomic E-state index is 14.1. The summed E-state index contributed by atoms with van der Waals surface area (Å²) in [4.78, 5) is 33.3. The van der Waals surface area contributed by atoms with Crippen LogP contribution in [0.25, 0.3) is 11.1 Å². The van der Waals surface area contributed by atoms with E-state index in [9.17, 15) is 14.7 Å². The zero-order chi connectivity index (χ0) is 41.2. The van der Waals surface area contributed by atoms with E-state index in [2.05, 4.69) is 53.3 Å². The van der Waals surface area contributed by atoms with Crippen molar-refractivity contribution < 1.29 is 24.2 Å². The predicted octanol–water partition coefficient (Wildman–Crippen LogP) is 10.3. The smallest absolute Gasteiger partial charge is 0.326 e. The highest BCUT2D eigenvalue weighted by molar-refractivity contribution is 6.42. The molecule has 0 radical (unpaired) electrons. The molecule has 0 saturated heterocycles. The lowest BCUT2D eigenvalue weighted by Gasteiger charge is -2.37. The highest BCUT2D eigenvalue weighted by Gasteiger charge is 2.37. The molecule has 1 amide bonds. The molecule has 306 valence electrons. The SMILES string of the molecule is CC[C@@H](Oc1ccc([C@@H]2CCOc3cc4c(cc3C2)CN(CC2CC2)[C@H](C(=O)N[C@@H](Cc2ccc(-c3ccnc(C)c3C)cc2)C(=O)O)C4)cc1)c1ccc(Cl)c(Cl)c1. The molecule has 4 aromatic carbocycles. The standard InChI is InChI=1S/C49H51Cl2N3O5/c1-4-46(36-13-16-42(50)43(51)24-36)59-40-14-11-33(12-15-40)35-18-20-58-47-26-37-25-45(54(27-32-5-6-32)28-39(37)23-38(47)22-35)48(55)53-44(49(56)57)21-31-7-9-34(10-8-31)41-17-19-52-30(3)29(41)2/h7-17,19,23-24,26,32,35,44-46H,4-6,18,20-22,25,27-28H2,1-3H3,(H,53,55)(H,56,57)/t35-,44+,45+,46-/m1/s1. The first-order chi connectivity index (χ1) is 28.5. The minimum Gasteiger partial charge on any atom is -0.493 e. The van der Waals surface area contributed by atoms with Crippen LogP contribution in [0.2, 0.25) is 10.0 Å². The third-order valence-electron chi connectivity index (χ3n) is 12.4. The molecule has 1 aliphatic carbocycles. The van der Waals surface area contributed by atoms with Gasteiger partial charge in [0.25, 0.3) is 0 Å². The first kappa shape index (κ1) is 40.9. The molecule has 5 aromatic rings. The number of hydrogen-bond donors (Lipinski definition) is 2. The molecule has 1 saturated carbocycles. The summed E-state index contributed by atoms with van der Waals surface area (Å²) in [5.41, 5.74) is 10.8. The van der Waals surface area contributed by atoms with Crippen LogP contribution in [0.15, 0.2) is 91.1 Å². The largest absolute Gasteiger partial charge is 0.493 e. The summed E-state index contributed by atoms with van der Waals surface area (Å²) in [7, 11) is 0. The number of aromatic nitrogens is 1. The van der Waals surface area contributed by atoms with Gasteiger partial charge in [0.05, 0.1) is 22.7 Å². The van der Waals surface area contributed by atoms with Crippen LogP contribution in [-0.2, 0) is 35.4 Å². The third kappa shape index (κ3) is 9.46. The van der Waals surface area contributed by atoms with Crippen molar-refractivity contribution in [1.82, 2.24) is 15.2 Å². The number of carbonyl (C=O) groups is 2. The summed E-state index contributed by atoms with van der Waals surface area (Å²) >= 11 is 12.4. The predicted molar refractivity (Wildman–Crippen MR) is 233 cm³/mol. The van der Waals surface area contributed by atoms with E-state index in [1.54, 1.807) is 6.20 Å². The van der Waals surface area contributed by atoms with Gasteiger partial charge in [-0.1, -0.05) is 78.7 Å². The van der Waals surface area contributed by atoms with E-state index in [1.807, 2.05) is 67.6 Å². The number of carbonyl (C=O) groups excluding carboxylic acids is 1. The number of aryl methyl sites for hydroxylation is 1. The lowest BCUT2D eigenvalue weighted by molar-refractivity contribution is -0.142. The summed E-state index contributed by atoms with van der Waals surface area (Å²) in [6, 6.07) is 26.9. The van der Waals surface area contributed by atoms with E-state index >= 15 is 0 Å². The molecule has 59 heavy (non-hydrogen) atoms. The van der Waals surface area contributed by atoms with Gasteiger partial charge in [0.15, 0.2) is 0 Å². The Morgan fingerprint density at radius 1 is 0.915 bits per heavy atom. The van der Waals surface area contributed by atoms with Crippen LogP contribution in [0.4, 0.5) is 0 Å². The Kier molecular flexibility index (Phi) is 12.3. The number of pyridine rings is 1. The van der Waals surface area contributed by atoms with Crippen molar-refractivity contribution in [3.8, 4) is 22.6 Å². The Morgan fingerprint density at radius 3 is 2.41 bits per heavy atom. The van der Waals surface area contributed by atoms with Gasteiger partial charge in [-0.3, -0.25) is 14.7 Å². The average molecular weight is 833 g/mol. The first-order valence-electron chi connectivity index (χ1n) is 20.8. The lowest BCUT2D eigenvalue weighted by atomic mass is 9.86. The minimum absolute atomic E-state index is 0.139. The molecule has 0 spiro atoms. The summed E-state index contributed by atoms with van der Waals surface area (Å²) in [5, 5.41) is 14.3. The van der Waals surface area contributed by atoms with Gasteiger partial charge in [-0.05, 0) is 151 Å². The molecular formula is C49H51Cl2N3O5. The van der Waals surface area contributed by atoms with Gasteiger partial charge in [-0.25, -0.2) is 4.79 Å². The Balaban J connectivity index is 0.948. The number of benzene rings is 4. The normalized spacial score (nSPS) is 18.7. The fourth-order valence-corrected chi connectivity index (χ4v) is 8.93. The van der Waals surface area contributed by atoms with Crippen LogP contribution in [0.3, 0.4) is 0 Å². The monoisotopic (exact) mass is 831 g/mol. The zero-order valence-electron chi connectivity index (χ0n) is 33.8. The van der Waals surface area contributed by atoms with Crippen LogP contribution in [-0.4, -0.2) is 52.1 Å². The number of rotatable bonds is 13. The van der Waals surface area contributed by atoms with E-state index in [0.29, 0.717) is 35.5 Å². The number of nitrogens with one attached hydrogen (secondary N) is 1. The van der Waals surface area contributed by atoms with Crippen LogP contribution in [0.1, 0.15) is 89.3 Å². The number of carboxylic acid groups (broad SMARTS) is 1. The molecule has 3 heterocycles. The number of ether oxygens (including phenoxy) is 2. The number of aliphatic carboxylic acids is 1. The van der Waals surface area contributed by atoms with E-state index in [0.717, 1.165) is 89.2 Å². The molecule has 2 aliphatic heterocycles. The molecule has 10 heteroatoms. The zero-order valence-corrected chi connectivity index (χ0v) is 35.4. The summed E-state index contributed by atoms with van der Waals surface area (Å²) in [6.45, 7) is 8.18. The third-order valence-corrected chi connectivity index (χ3v) is 13.1. The maximum Gasteiger partial charge on any atom is 0.326 e. The molecule has 0 unspecified atom stereocenters. The Bertz CT molecular complexity index is 2330. The second-order valence-electron chi connectivity index (χ2n) is 16.5. The lowest BCUT2D eigenvalue weighted by Crippen LogP contribution is -2.54. The number of carboxylic acids is 1. The molecule has 1 aromatic heterocycles. The molecule has 8 rings (SSSR count). The van der Waals surface area contributed by atoms with Crippen LogP contribution >= 0.6 is 23.2 Å². The summed E-state index contributed by atoms with van der Waals surface area (Å²) in [5.74, 6) is 1.22. The van der Waals surface area contributed by atoms with Crippen LogP contribution < -0.4 is 14.8 Å². The van der Waals surface area contributed by atoms with Crippen molar-refractivity contribution in [3.05, 3.63) is 146 Å². The summed E-state index contributed by atoms with van der Waals surface area (Å²) < 4.78 is 12.8. The maximum atomic E-state index is 14.1. The van der Waals surface area contributed by atoms with Gasteiger partial charge in [-0.2, -0.15) is 0 Å². The van der Waals surface area contributed by atoms with Gasteiger partial charge < -0.3 is 19.9 Å². The second-order valence-corrected chi connectivity index (χ2v) is 17.3. The van der Waals surface area contributed by atoms with Gasteiger partial charge in [0, 0.05) is 31.4 Å². The van der Waals surface area contributed by atoms with E-state index in [4.69, 9.17) is 32.7 Å². The van der Waals surface area contributed by atoms with Crippen molar-refractivity contribution >= 4 is 35.1 Å². The van der Waals surface area contributed by atoms with Crippen LogP contribution in [0, 0.1) is 19.8 Å². The van der Waals surface area contributed by atoms with Gasteiger partial charge in [0.2, 0.25) is 5.91 Å². The molecule has 3 aliphatic rings. The number of hydrogen-bond acceptors (Lipinski definition) is 6. The van der Waals surface area contributed by atoms with Gasteiger partial charge in [-0.15, -0.1) is 0 Å². The second kappa shape index (κ2) is 17.8. The van der Waals surface area contributed by atoms with Crippen molar-refractivity contribution in [2.75, 3.05) is 13.2 Å². The van der Waals surface area contributed by atoms with E-state index in [1.165, 1.54) is 16.7 Å². The molecule has 1 fully saturated rings. The number of nitrogens with zero attached hydrogens (tertiary/aromatic N) is 2. The topological polar surface area (TPSA) is 101 Å². The Hall–Kier alpha value is -4.89. The fraction of sp³-hybridized carbons (Fsp3) is 0.367. The van der Waals surface area contributed by atoms with Crippen molar-refractivity contribution in [2.45, 2.75) is 96.4 Å².